The minimum atomic E-state index is -5.17. The number of halogens is 6. The van der Waals surface area contributed by atoms with E-state index in [-0.39, 0.29) is 16.5 Å². The zero-order chi connectivity index (χ0) is 24.5. The SMILES string of the molecule is CCCCCC1CCC(c2ccc3c(F)c(-c4cc(F)c(C(F)(F)F)c(F)c4)ccc3c2)CC1. The first kappa shape index (κ1) is 24.6. The van der Waals surface area contributed by atoms with E-state index in [4.69, 9.17) is 0 Å². The van der Waals surface area contributed by atoms with Gasteiger partial charge in [-0.05, 0) is 66.2 Å². The van der Waals surface area contributed by atoms with Crippen LogP contribution in [-0.4, -0.2) is 0 Å². The third-order valence-electron chi connectivity index (χ3n) is 7.15. The third kappa shape index (κ3) is 5.11. The van der Waals surface area contributed by atoms with E-state index in [2.05, 4.69) is 6.92 Å². The fourth-order valence-electron chi connectivity index (χ4n) is 5.25. The molecule has 0 atom stereocenters. The summed E-state index contributed by atoms with van der Waals surface area (Å²) in [4.78, 5) is 0. The summed E-state index contributed by atoms with van der Waals surface area (Å²) in [6.45, 7) is 2.21. The number of unbranched alkanes of at least 4 members (excludes halogenated alkanes) is 2. The van der Waals surface area contributed by atoms with Crippen LogP contribution in [-0.2, 0) is 6.18 Å². The first-order valence-electron chi connectivity index (χ1n) is 12.0. The average Bonchev–Trinajstić information content (AvgIpc) is 2.78. The van der Waals surface area contributed by atoms with Gasteiger partial charge in [0.2, 0.25) is 0 Å². The van der Waals surface area contributed by atoms with Crippen molar-refractivity contribution in [3.05, 3.63) is 71.0 Å². The summed E-state index contributed by atoms with van der Waals surface area (Å²) in [6.07, 6.45) is 4.53. The van der Waals surface area contributed by atoms with Crippen molar-refractivity contribution in [1.82, 2.24) is 0 Å². The molecule has 182 valence electrons. The van der Waals surface area contributed by atoms with Gasteiger partial charge in [0.25, 0.3) is 0 Å². The molecule has 34 heavy (non-hydrogen) atoms. The van der Waals surface area contributed by atoms with Gasteiger partial charge in [-0.1, -0.05) is 62.9 Å². The van der Waals surface area contributed by atoms with Crippen LogP contribution < -0.4 is 0 Å². The van der Waals surface area contributed by atoms with Crippen molar-refractivity contribution in [2.24, 2.45) is 5.92 Å². The van der Waals surface area contributed by atoms with E-state index in [0.717, 1.165) is 24.3 Å². The lowest BCUT2D eigenvalue weighted by atomic mass is 9.76. The summed E-state index contributed by atoms with van der Waals surface area (Å²) >= 11 is 0. The largest absolute Gasteiger partial charge is 0.422 e. The summed E-state index contributed by atoms with van der Waals surface area (Å²) < 4.78 is 81.9. The number of benzene rings is 3. The van der Waals surface area contributed by atoms with Crippen LogP contribution in [0, 0.1) is 23.4 Å². The molecule has 0 saturated heterocycles. The van der Waals surface area contributed by atoms with Crippen LogP contribution in [0.25, 0.3) is 21.9 Å². The molecule has 0 heterocycles. The molecule has 0 unspecified atom stereocenters. The molecule has 1 saturated carbocycles. The van der Waals surface area contributed by atoms with E-state index < -0.39 is 29.2 Å². The molecule has 0 amide bonds. The molecule has 0 nitrogen and oxygen atoms in total. The Balaban J connectivity index is 1.56. The number of rotatable bonds is 6. The van der Waals surface area contributed by atoms with Gasteiger partial charge >= 0.3 is 6.18 Å². The average molecular weight is 479 g/mol. The smallest absolute Gasteiger partial charge is 0.206 e. The van der Waals surface area contributed by atoms with Crippen molar-refractivity contribution in [2.45, 2.75) is 70.4 Å². The Bertz CT molecular complexity index is 1130. The van der Waals surface area contributed by atoms with Gasteiger partial charge in [0, 0.05) is 10.9 Å². The predicted octanol–water partition coefficient (Wildman–Crippen LogP) is 9.80. The predicted molar refractivity (Wildman–Crippen MR) is 123 cm³/mol. The fourth-order valence-corrected chi connectivity index (χ4v) is 5.25. The van der Waals surface area contributed by atoms with Gasteiger partial charge in [-0.15, -0.1) is 0 Å². The van der Waals surface area contributed by atoms with E-state index >= 15 is 4.39 Å². The molecule has 1 fully saturated rings. The minimum Gasteiger partial charge on any atom is -0.206 e. The van der Waals surface area contributed by atoms with E-state index in [1.807, 2.05) is 12.1 Å². The number of alkyl halides is 3. The first-order valence-corrected chi connectivity index (χ1v) is 12.0. The molecule has 3 aromatic carbocycles. The van der Waals surface area contributed by atoms with Crippen LogP contribution in [0.15, 0.2) is 42.5 Å². The van der Waals surface area contributed by atoms with Gasteiger partial charge in [-0.2, -0.15) is 13.2 Å². The Hall–Kier alpha value is -2.50. The van der Waals surface area contributed by atoms with E-state index in [9.17, 15) is 22.0 Å². The zero-order valence-corrected chi connectivity index (χ0v) is 19.1. The Morgan fingerprint density at radius 1 is 0.824 bits per heavy atom. The van der Waals surface area contributed by atoms with Crippen LogP contribution in [0.1, 0.15) is 75.3 Å². The molecule has 0 spiro atoms. The lowest BCUT2D eigenvalue weighted by Gasteiger charge is -2.29. The van der Waals surface area contributed by atoms with Crippen LogP contribution in [0.4, 0.5) is 26.3 Å². The molecule has 0 bridgehead atoms. The van der Waals surface area contributed by atoms with Gasteiger partial charge in [-0.25, -0.2) is 13.2 Å². The maximum absolute atomic E-state index is 15.3. The van der Waals surface area contributed by atoms with Gasteiger partial charge in [0.15, 0.2) is 0 Å². The molecular formula is C28H28F6. The molecule has 0 aromatic heterocycles. The van der Waals surface area contributed by atoms with Crippen molar-refractivity contribution >= 4 is 10.8 Å². The molecule has 4 rings (SSSR count). The molecule has 0 aliphatic heterocycles. The Morgan fingerprint density at radius 3 is 2.12 bits per heavy atom. The third-order valence-corrected chi connectivity index (χ3v) is 7.15. The highest BCUT2D eigenvalue weighted by molar-refractivity contribution is 5.89. The highest BCUT2D eigenvalue weighted by atomic mass is 19.4. The molecule has 1 aliphatic carbocycles. The fraction of sp³-hybridized carbons (Fsp3) is 0.429. The van der Waals surface area contributed by atoms with Crippen LogP contribution in [0.3, 0.4) is 0 Å². The summed E-state index contributed by atoms with van der Waals surface area (Å²) in [5, 5.41) is 0.937. The van der Waals surface area contributed by atoms with Gasteiger partial charge in [-0.3, -0.25) is 0 Å². The van der Waals surface area contributed by atoms with Crippen molar-refractivity contribution in [3.63, 3.8) is 0 Å². The van der Waals surface area contributed by atoms with Crippen LogP contribution >= 0.6 is 0 Å². The van der Waals surface area contributed by atoms with Gasteiger partial charge in [0.05, 0.1) is 0 Å². The maximum atomic E-state index is 15.3. The Labute approximate surface area is 196 Å². The topological polar surface area (TPSA) is 0 Å². The monoisotopic (exact) mass is 478 g/mol. The summed E-state index contributed by atoms with van der Waals surface area (Å²) in [7, 11) is 0. The lowest BCUT2D eigenvalue weighted by Crippen LogP contribution is -2.13. The summed E-state index contributed by atoms with van der Waals surface area (Å²) in [5.74, 6) is -3.02. The van der Waals surface area contributed by atoms with E-state index in [1.165, 1.54) is 44.6 Å². The zero-order valence-electron chi connectivity index (χ0n) is 19.1. The second-order valence-electron chi connectivity index (χ2n) is 9.43. The van der Waals surface area contributed by atoms with E-state index in [1.54, 1.807) is 12.1 Å². The van der Waals surface area contributed by atoms with Crippen molar-refractivity contribution < 1.29 is 26.3 Å². The van der Waals surface area contributed by atoms with Crippen molar-refractivity contribution in [2.75, 3.05) is 0 Å². The highest BCUT2D eigenvalue weighted by Gasteiger charge is 2.38. The van der Waals surface area contributed by atoms with E-state index in [0.29, 0.717) is 23.4 Å². The molecule has 0 radical (unpaired) electrons. The lowest BCUT2D eigenvalue weighted by molar-refractivity contribution is -0.142. The highest BCUT2D eigenvalue weighted by Crippen LogP contribution is 2.40. The minimum absolute atomic E-state index is 0.139. The second-order valence-corrected chi connectivity index (χ2v) is 9.43. The first-order chi connectivity index (χ1) is 16.2. The normalized spacial score (nSPS) is 19.0. The van der Waals surface area contributed by atoms with Crippen LogP contribution in [0.2, 0.25) is 0 Å². The summed E-state index contributed by atoms with van der Waals surface area (Å²) in [5.41, 5.74) is -1.23. The van der Waals surface area contributed by atoms with Gasteiger partial charge < -0.3 is 0 Å². The van der Waals surface area contributed by atoms with Crippen molar-refractivity contribution in [1.29, 1.82) is 0 Å². The number of hydrogen-bond acceptors (Lipinski definition) is 0. The second kappa shape index (κ2) is 10.0. The summed E-state index contributed by atoms with van der Waals surface area (Å²) in [6, 6.07) is 9.60. The molecule has 3 aromatic rings. The molecular weight excluding hydrogens is 450 g/mol. The van der Waals surface area contributed by atoms with Crippen molar-refractivity contribution in [3.8, 4) is 11.1 Å². The Morgan fingerprint density at radius 2 is 1.50 bits per heavy atom. The van der Waals surface area contributed by atoms with Crippen LogP contribution in [0.5, 0.6) is 0 Å². The maximum Gasteiger partial charge on any atom is 0.422 e. The van der Waals surface area contributed by atoms with Gasteiger partial charge in [0.1, 0.15) is 23.0 Å². The Kier molecular flexibility index (Phi) is 7.25. The number of hydrogen-bond donors (Lipinski definition) is 0. The quantitative estimate of drug-likeness (QED) is 0.244. The molecule has 6 heteroatoms. The number of fused-ring (bicyclic) bond motifs is 1. The standard InChI is InChI=1S/C28H28F6/c1-2-3-4-5-17-6-8-18(9-7-17)19-10-12-22-20(14-19)11-13-23(27(22)31)21-15-24(29)26(25(30)16-21)28(32,33)34/h10-18H,2-9H2,1H3. The molecule has 1 aliphatic rings. The molecule has 0 N–H and O–H groups in total.